The first-order valence-electron chi connectivity index (χ1n) is 40.4. The molecule has 38 heteroatoms. The van der Waals surface area contributed by atoms with Crippen LogP contribution in [0.3, 0.4) is 0 Å². The van der Waals surface area contributed by atoms with Gasteiger partial charge in [0.2, 0.25) is 0 Å². The Morgan fingerprint density at radius 3 is 1.15 bits per heavy atom. The molecule has 0 aliphatic carbocycles. The molecule has 16 aromatic rings. The maximum atomic E-state index is 13.9. The van der Waals surface area contributed by atoms with Crippen molar-refractivity contribution >= 4 is 131 Å². The average Bonchev–Trinajstić information content (AvgIpc) is 1.62. The highest BCUT2D eigenvalue weighted by Crippen LogP contribution is 2.39. The molecule has 0 aliphatic heterocycles. The summed E-state index contributed by atoms with van der Waals surface area (Å²) in [5.74, 6) is 1.27. The number of aryl methyl sites for hydroxylation is 3. The fraction of sp³-hybridized carbons (Fsp3) is 0.198. The van der Waals surface area contributed by atoms with E-state index in [0.29, 0.717) is 103 Å². The summed E-state index contributed by atoms with van der Waals surface area (Å²) in [6.07, 6.45) is -2.74. The lowest BCUT2D eigenvalue weighted by molar-refractivity contribution is -0.138. The van der Waals surface area contributed by atoms with Crippen LogP contribution >= 0.6 is 0 Å². The average molecular weight is 1760 g/mol. The molecule has 16 rings (SSSR count). The number of nitrogens with two attached hydrogens (primary N) is 4. The van der Waals surface area contributed by atoms with Gasteiger partial charge in [-0.3, -0.25) is 0 Å². The van der Waals surface area contributed by atoms with Gasteiger partial charge >= 0.3 is 30.4 Å². The van der Waals surface area contributed by atoms with E-state index in [1.807, 2.05) is 164 Å². The highest BCUT2D eigenvalue weighted by atomic mass is 19.4. The largest absolute Gasteiger partial charge is 0.416 e. The van der Waals surface area contributed by atoms with E-state index in [0.717, 1.165) is 79.4 Å². The van der Waals surface area contributed by atoms with Crippen LogP contribution in [0.2, 0.25) is 0 Å². The highest BCUT2D eigenvalue weighted by molar-refractivity contribution is 6.04. The molecule has 0 bridgehead atoms. The summed E-state index contributed by atoms with van der Waals surface area (Å²) in [5.41, 5.74) is 37.2. The molecule has 8 heterocycles. The molecule has 0 fully saturated rings. The van der Waals surface area contributed by atoms with Crippen LogP contribution in [-0.2, 0) is 18.8 Å². The Kier molecular flexibility index (Phi) is 27.0. The number of fused-ring (bicyclic) bond motifs is 4. The number of hydrogen-bond acceptors (Lipinski definition) is 21. The molecule has 0 aliphatic rings. The van der Waals surface area contributed by atoms with Gasteiger partial charge < -0.3 is 65.5 Å². The summed E-state index contributed by atoms with van der Waals surface area (Å²) in [6, 6.07) is 48.5. The molecule has 662 valence electrons. The molecular formula is C91H91F7N28O3. The van der Waals surface area contributed by atoms with E-state index in [9.17, 15) is 45.1 Å². The van der Waals surface area contributed by atoms with Gasteiger partial charge in [-0.25, -0.2) is 77.4 Å². The minimum absolute atomic E-state index is 0.0354. The van der Waals surface area contributed by atoms with E-state index in [1.165, 1.54) is 56.5 Å². The van der Waals surface area contributed by atoms with Gasteiger partial charge in [-0.15, -0.1) is 0 Å². The number of alkyl halides is 6. The molecule has 6 amide bonds. The standard InChI is InChI=1S/C24H24F3N7.C23H22F3N7O.C22H22FN7O.C22H23N7O/c1-14(2)34-23-21(22(28)29-13-30-23)20(33-34)11-16-6-4-8-18(10-16)31-15(3)32-19-9-5-7-17(12-19)24(25,26)27;1-12(2)33-21-18(20(27)28-11-29-21)19(32-33)14-5-8-15(9-6-14)30-22(34)31-16-7-4-13(3)17(10-16)23(24,25)26;1-12(2)30-21-18(20(24)25-11-26-21)19(29-30)14-5-7-15(8-6-14)27-22(31)28-17-10-13(3)4-9-16(17)23;1-13(2)29-21-18(20(23)24-12-25-21)19(28-29)15-7-9-16(10-8-15)26-22(30)27-17-6-4-5-14(3)11-17/h4-10,12-14,31-32H,3,11H2,1-2H3,(H2,28,29,30);4-12H,1-3H3,(H2,27,28,29)(H2,30,31,34);4-12H,1-3H3,(H2,24,25,26)(H2,27,28,31);4-13H,1-3H3,(H2,23,24,25)(H2,26,27,30). The lowest BCUT2D eigenvalue weighted by Crippen LogP contribution is -2.20. The summed E-state index contributed by atoms with van der Waals surface area (Å²) in [6.45, 7) is 25.1. The van der Waals surface area contributed by atoms with Crippen molar-refractivity contribution < 1.29 is 45.1 Å². The van der Waals surface area contributed by atoms with Crippen LogP contribution in [0.4, 0.5) is 114 Å². The van der Waals surface area contributed by atoms with Crippen molar-refractivity contribution in [3.8, 4) is 33.8 Å². The fourth-order valence-electron chi connectivity index (χ4n) is 13.8. The van der Waals surface area contributed by atoms with Gasteiger partial charge in [0.15, 0.2) is 22.6 Å². The Labute approximate surface area is 734 Å². The minimum Gasteiger partial charge on any atom is -0.383 e. The predicted octanol–water partition coefficient (Wildman–Crippen LogP) is 20.6. The van der Waals surface area contributed by atoms with Gasteiger partial charge in [0.1, 0.15) is 77.3 Å². The third kappa shape index (κ3) is 21.6. The third-order valence-corrected chi connectivity index (χ3v) is 19.9. The van der Waals surface area contributed by atoms with Crippen molar-refractivity contribution in [1.29, 1.82) is 0 Å². The molecule has 8 aromatic carbocycles. The number of benzene rings is 8. The summed E-state index contributed by atoms with van der Waals surface area (Å²) < 4.78 is 99.3. The van der Waals surface area contributed by atoms with Crippen molar-refractivity contribution in [2.75, 3.05) is 65.5 Å². The fourth-order valence-corrected chi connectivity index (χ4v) is 13.8. The van der Waals surface area contributed by atoms with Crippen molar-refractivity contribution in [2.45, 2.75) is 119 Å². The van der Waals surface area contributed by atoms with Gasteiger partial charge in [0, 0.05) is 87.1 Å². The van der Waals surface area contributed by atoms with Gasteiger partial charge in [0.25, 0.3) is 0 Å². The van der Waals surface area contributed by atoms with Crippen LogP contribution in [0.5, 0.6) is 0 Å². The first-order valence-corrected chi connectivity index (χ1v) is 40.4. The molecule has 129 heavy (non-hydrogen) atoms. The minimum atomic E-state index is -4.50. The second kappa shape index (κ2) is 38.5. The lowest BCUT2D eigenvalue weighted by atomic mass is 10.1. The second-order valence-electron chi connectivity index (χ2n) is 31.0. The molecular weight excluding hydrogens is 1670 g/mol. The van der Waals surface area contributed by atoms with Crippen molar-refractivity contribution in [3.05, 3.63) is 265 Å². The second-order valence-corrected chi connectivity index (χ2v) is 31.0. The van der Waals surface area contributed by atoms with Gasteiger partial charge in [-0.05, 0) is 202 Å². The van der Waals surface area contributed by atoms with E-state index in [4.69, 9.17) is 33.1 Å². The quantitative estimate of drug-likeness (QED) is 0.0335. The maximum absolute atomic E-state index is 13.9. The summed E-state index contributed by atoms with van der Waals surface area (Å²) in [7, 11) is 0. The zero-order valence-corrected chi connectivity index (χ0v) is 71.7. The van der Waals surface area contributed by atoms with E-state index in [-0.39, 0.29) is 52.8 Å². The number of anilines is 12. The zero-order valence-electron chi connectivity index (χ0n) is 71.7. The lowest BCUT2D eigenvalue weighted by Gasteiger charge is -2.14. The van der Waals surface area contributed by atoms with Crippen LogP contribution in [0.15, 0.2) is 220 Å². The Hall–Kier alpha value is -16.2. The Balaban J connectivity index is 0.000000147. The normalized spacial score (nSPS) is 11.4. The molecule has 0 saturated carbocycles. The van der Waals surface area contributed by atoms with E-state index >= 15 is 0 Å². The van der Waals surface area contributed by atoms with Crippen LogP contribution in [-0.4, -0.2) is 97.1 Å². The number of hydrogen-bond donors (Lipinski definition) is 12. The van der Waals surface area contributed by atoms with Crippen LogP contribution in [0, 0.1) is 26.6 Å². The number of halogens is 7. The first-order chi connectivity index (χ1) is 61.4. The number of carbonyl (C=O) groups excluding carboxylic acids is 3. The summed E-state index contributed by atoms with van der Waals surface area (Å²) in [5, 5.41) is 43.4. The number of nitrogen functional groups attached to an aromatic ring is 4. The van der Waals surface area contributed by atoms with E-state index in [1.54, 1.807) is 64.0 Å². The van der Waals surface area contributed by atoms with Crippen molar-refractivity contribution in [2.24, 2.45) is 0 Å². The molecule has 0 radical (unpaired) electrons. The topological polar surface area (TPSA) is 426 Å². The summed E-state index contributed by atoms with van der Waals surface area (Å²) >= 11 is 0. The SMILES string of the molecule is C=C(Nc1cccc(Cc2nn(C(C)C)c3ncnc(N)c23)c1)Nc1cccc(C(F)(F)F)c1.Cc1ccc(F)c(NC(=O)Nc2ccc(-c3nn(C(C)C)c4ncnc(N)c34)cc2)c1.Cc1ccc(NC(=O)Nc2ccc(-c3nn(C(C)C)c4ncnc(N)c34)cc2)cc1C(F)(F)F.Cc1cccc(NC(=O)Nc2ccc(-c3nn(C(C)C)c4ncnc(N)c34)cc2)c1. The Morgan fingerprint density at radius 1 is 0.372 bits per heavy atom. The predicted molar refractivity (Wildman–Crippen MR) is 490 cm³/mol. The number of urea groups is 3. The van der Waals surface area contributed by atoms with Gasteiger partial charge in [-0.2, -0.15) is 46.7 Å². The highest BCUT2D eigenvalue weighted by Gasteiger charge is 2.34. The molecule has 0 spiro atoms. The number of nitrogens with one attached hydrogen (secondary N) is 8. The smallest absolute Gasteiger partial charge is 0.383 e. The van der Waals surface area contributed by atoms with Crippen LogP contribution in [0.25, 0.3) is 77.9 Å². The van der Waals surface area contributed by atoms with E-state index in [2.05, 4.69) is 99.2 Å². The van der Waals surface area contributed by atoms with Crippen molar-refractivity contribution in [1.82, 2.24) is 79.0 Å². The number of nitrogens with zero attached hydrogens (tertiary/aromatic N) is 16. The third-order valence-electron chi connectivity index (χ3n) is 19.9. The van der Waals surface area contributed by atoms with Gasteiger partial charge in [-0.1, -0.05) is 85.4 Å². The number of amides is 6. The van der Waals surface area contributed by atoms with Crippen LogP contribution in [0.1, 0.15) is 119 Å². The number of aromatic nitrogens is 16. The zero-order chi connectivity index (χ0) is 92.4. The molecule has 0 atom stereocenters. The Morgan fingerprint density at radius 2 is 0.729 bits per heavy atom. The first kappa shape index (κ1) is 90.5. The van der Waals surface area contributed by atoms with Crippen molar-refractivity contribution in [3.63, 3.8) is 0 Å². The Bertz CT molecular complexity index is 6810. The molecule has 16 N–H and O–H groups in total. The number of rotatable bonds is 19. The molecule has 0 unspecified atom stereocenters. The van der Waals surface area contributed by atoms with Crippen LogP contribution < -0.4 is 65.5 Å². The van der Waals surface area contributed by atoms with E-state index < -0.39 is 41.4 Å². The van der Waals surface area contributed by atoms with Gasteiger partial charge in [0.05, 0.1) is 44.1 Å². The number of carbonyl (C=O) groups is 3. The molecule has 8 aromatic heterocycles. The monoisotopic (exact) mass is 1760 g/mol. The summed E-state index contributed by atoms with van der Waals surface area (Å²) in [4.78, 5) is 70.6. The molecule has 0 saturated heterocycles. The maximum Gasteiger partial charge on any atom is 0.416 e. The molecule has 31 nitrogen and oxygen atoms in total.